The molecule has 20 heavy (non-hydrogen) atoms. The molecule has 1 aromatic carbocycles. The van der Waals surface area contributed by atoms with Gasteiger partial charge in [0.25, 0.3) is 5.85 Å². The van der Waals surface area contributed by atoms with Gasteiger partial charge in [0.2, 0.25) is 5.91 Å². The molecule has 0 aliphatic carbocycles. The highest BCUT2D eigenvalue weighted by atomic mass is 32.1. The first-order valence-corrected chi connectivity index (χ1v) is 6.71. The second-order valence-electron chi connectivity index (χ2n) is 4.80. The smallest absolute Gasteiger partial charge is 0.273 e. The molecule has 1 amide bonds. The molecule has 0 bridgehead atoms. The van der Waals surface area contributed by atoms with E-state index in [4.69, 9.17) is 12.2 Å². The third-order valence-electron chi connectivity index (χ3n) is 3.41. The summed E-state index contributed by atoms with van der Waals surface area (Å²) in [5.41, 5.74) is 5.35. The van der Waals surface area contributed by atoms with Gasteiger partial charge in [-0.05, 0) is 31.3 Å². The van der Waals surface area contributed by atoms with Crippen LogP contribution in [0.15, 0.2) is 23.3 Å². The van der Waals surface area contributed by atoms with Crippen molar-refractivity contribution in [3.05, 3.63) is 29.3 Å². The average Bonchev–Trinajstić information content (AvgIpc) is 2.64. The van der Waals surface area contributed by atoms with E-state index in [9.17, 15) is 9.90 Å². The van der Waals surface area contributed by atoms with Crippen LogP contribution in [0.1, 0.15) is 24.5 Å². The van der Waals surface area contributed by atoms with Crippen LogP contribution in [0.3, 0.4) is 0 Å². The highest BCUT2D eigenvalue weighted by molar-refractivity contribution is 7.80. The second kappa shape index (κ2) is 4.26. The summed E-state index contributed by atoms with van der Waals surface area (Å²) in [4.78, 5) is 13.5. The monoisotopic (exact) mass is 290 g/mol. The maximum atomic E-state index is 12.2. The van der Waals surface area contributed by atoms with Gasteiger partial charge in [-0.3, -0.25) is 15.1 Å². The molecule has 3 rings (SSSR count). The van der Waals surface area contributed by atoms with Gasteiger partial charge in [0.1, 0.15) is 5.71 Å². The molecule has 2 aliphatic heterocycles. The van der Waals surface area contributed by atoms with Crippen LogP contribution in [0, 0.1) is 6.92 Å². The fourth-order valence-electron chi connectivity index (χ4n) is 2.52. The zero-order valence-corrected chi connectivity index (χ0v) is 11.9. The number of rotatable bonds is 1. The van der Waals surface area contributed by atoms with Gasteiger partial charge >= 0.3 is 0 Å². The van der Waals surface area contributed by atoms with E-state index >= 15 is 0 Å². The normalized spacial score (nSPS) is 23.4. The molecule has 0 saturated carbocycles. The Morgan fingerprint density at radius 2 is 2.30 bits per heavy atom. The molecule has 6 nitrogen and oxygen atoms in total. The summed E-state index contributed by atoms with van der Waals surface area (Å²) in [6, 6.07) is 5.59. The van der Waals surface area contributed by atoms with Crippen LogP contribution in [0.2, 0.25) is 0 Å². The number of amides is 1. The van der Waals surface area contributed by atoms with E-state index in [1.54, 1.807) is 6.92 Å². The van der Waals surface area contributed by atoms with Gasteiger partial charge in [-0.1, -0.05) is 18.6 Å². The average molecular weight is 290 g/mol. The van der Waals surface area contributed by atoms with Crippen molar-refractivity contribution in [2.24, 2.45) is 5.10 Å². The van der Waals surface area contributed by atoms with Crippen LogP contribution in [-0.4, -0.2) is 27.7 Å². The van der Waals surface area contributed by atoms with Gasteiger partial charge < -0.3 is 10.4 Å². The molecule has 104 valence electrons. The number of hydrogen-bond donors (Lipinski definition) is 3. The van der Waals surface area contributed by atoms with Gasteiger partial charge in [-0.2, -0.15) is 5.10 Å². The number of fused-ring (bicyclic) bond motifs is 3. The number of nitrogens with one attached hydrogen (secondary N) is 2. The highest BCUT2D eigenvalue weighted by Gasteiger charge is 2.53. The van der Waals surface area contributed by atoms with E-state index in [-0.39, 0.29) is 17.4 Å². The van der Waals surface area contributed by atoms with Crippen LogP contribution in [-0.2, 0) is 4.79 Å². The van der Waals surface area contributed by atoms with Crippen LogP contribution in [0.4, 0.5) is 5.69 Å². The first-order chi connectivity index (χ1) is 9.47. The van der Waals surface area contributed by atoms with Crippen molar-refractivity contribution in [1.82, 2.24) is 10.7 Å². The second-order valence-corrected chi connectivity index (χ2v) is 5.21. The van der Waals surface area contributed by atoms with E-state index in [0.29, 0.717) is 11.4 Å². The number of aliphatic hydroxyl groups is 1. The van der Waals surface area contributed by atoms with Crippen molar-refractivity contribution in [2.75, 3.05) is 4.90 Å². The summed E-state index contributed by atoms with van der Waals surface area (Å²) in [6.45, 7) is 3.69. The number of anilines is 1. The van der Waals surface area contributed by atoms with Gasteiger partial charge in [-0.25, -0.2) is 0 Å². The summed E-state index contributed by atoms with van der Waals surface area (Å²) in [5, 5.41) is 17.9. The summed E-state index contributed by atoms with van der Waals surface area (Å²) in [5.74, 6) is -1.93. The molecule has 0 aromatic heterocycles. The SMILES string of the molecule is CCC(=O)N1c2ccc(C)cc2C2=NNC(=S)N[C@@]21O. The number of thiocarbonyl (C=S) groups is 1. The van der Waals surface area contributed by atoms with Gasteiger partial charge in [-0.15, -0.1) is 0 Å². The van der Waals surface area contributed by atoms with Crippen LogP contribution in [0.5, 0.6) is 0 Å². The zero-order chi connectivity index (χ0) is 14.5. The Bertz CT molecular complexity index is 658. The number of aryl methyl sites for hydroxylation is 1. The molecule has 1 aromatic rings. The molecule has 0 fully saturated rings. The largest absolute Gasteiger partial charge is 0.349 e. The quantitative estimate of drug-likeness (QED) is 0.660. The molecule has 0 radical (unpaired) electrons. The fraction of sp³-hybridized carbons (Fsp3) is 0.308. The Balaban J connectivity index is 2.25. The number of hydrazone groups is 1. The molecular weight excluding hydrogens is 276 g/mol. The minimum absolute atomic E-state index is 0.176. The van der Waals surface area contributed by atoms with Crippen molar-refractivity contribution < 1.29 is 9.90 Å². The summed E-state index contributed by atoms with van der Waals surface area (Å²) < 4.78 is 0. The number of nitrogens with zero attached hydrogens (tertiary/aromatic N) is 2. The van der Waals surface area contributed by atoms with Crippen LogP contribution < -0.4 is 15.6 Å². The zero-order valence-electron chi connectivity index (χ0n) is 11.1. The molecule has 3 N–H and O–H groups in total. The summed E-state index contributed by atoms with van der Waals surface area (Å²) in [6.07, 6.45) is 0.269. The summed E-state index contributed by atoms with van der Waals surface area (Å²) >= 11 is 4.99. The fourth-order valence-corrected chi connectivity index (χ4v) is 2.71. The lowest BCUT2D eigenvalue weighted by atomic mass is 10.1. The lowest BCUT2D eigenvalue weighted by molar-refractivity contribution is -0.121. The maximum absolute atomic E-state index is 12.2. The van der Waals surface area contributed by atoms with E-state index in [0.717, 1.165) is 11.1 Å². The first-order valence-electron chi connectivity index (χ1n) is 6.30. The Hall–Kier alpha value is -1.99. The Morgan fingerprint density at radius 1 is 1.55 bits per heavy atom. The number of carbonyl (C=O) groups is 1. The van der Waals surface area contributed by atoms with E-state index in [2.05, 4.69) is 15.8 Å². The Morgan fingerprint density at radius 3 is 3.00 bits per heavy atom. The highest BCUT2D eigenvalue weighted by Crippen LogP contribution is 2.38. The lowest BCUT2D eigenvalue weighted by Gasteiger charge is -2.36. The first kappa shape index (κ1) is 13.0. The van der Waals surface area contributed by atoms with Crippen molar-refractivity contribution >= 4 is 34.6 Å². The summed E-state index contributed by atoms with van der Waals surface area (Å²) in [7, 11) is 0. The molecule has 2 aliphatic rings. The molecule has 2 heterocycles. The molecular formula is C13H14N4O2S. The number of benzene rings is 1. The van der Waals surface area contributed by atoms with Crippen molar-refractivity contribution in [3.8, 4) is 0 Å². The van der Waals surface area contributed by atoms with Crippen molar-refractivity contribution in [1.29, 1.82) is 0 Å². The minimum atomic E-state index is -1.72. The van der Waals surface area contributed by atoms with E-state index in [1.165, 1.54) is 4.90 Å². The van der Waals surface area contributed by atoms with Crippen LogP contribution >= 0.6 is 12.2 Å². The van der Waals surface area contributed by atoms with E-state index < -0.39 is 5.85 Å². The number of hydrogen-bond acceptors (Lipinski definition) is 4. The predicted octanol–water partition coefficient (Wildman–Crippen LogP) is 0.580. The molecule has 0 spiro atoms. The lowest BCUT2D eigenvalue weighted by Crippen LogP contribution is -2.68. The van der Waals surface area contributed by atoms with Gasteiger partial charge in [0.05, 0.1) is 5.69 Å². The third-order valence-corrected chi connectivity index (χ3v) is 3.60. The minimum Gasteiger partial charge on any atom is -0.349 e. The van der Waals surface area contributed by atoms with Crippen molar-refractivity contribution in [2.45, 2.75) is 26.1 Å². The third kappa shape index (κ3) is 1.63. The van der Waals surface area contributed by atoms with Gasteiger partial charge in [0, 0.05) is 12.0 Å². The molecule has 7 heteroatoms. The predicted molar refractivity (Wildman–Crippen MR) is 79.3 cm³/mol. The molecule has 0 unspecified atom stereocenters. The topological polar surface area (TPSA) is 77.0 Å². The van der Waals surface area contributed by atoms with Crippen molar-refractivity contribution in [3.63, 3.8) is 0 Å². The number of carbonyl (C=O) groups excluding carboxylic acids is 1. The Labute approximate surface area is 121 Å². The van der Waals surface area contributed by atoms with Gasteiger partial charge in [0.15, 0.2) is 5.11 Å². The van der Waals surface area contributed by atoms with E-state index in [1.807, 2.05) is 25.1 Å². The van der Waals surface area contributed by atoms with Crippen LogP contribution in [0.25, 0.3) is 0 Å². The Kier molecular flexibility index (Phi) is 2.77. The molecule has 0 saturated heterocycles. The molecule has 1 atom stereocenters. The maximum Gasteiger partial charge on any atom is 0.273 e. The standard InChI is InChI=1S/C13H14N4O2S/c1-3-10(18)17-9-5-4-7(2)6-8(9)11-13(17,19)14-12(20)16-15-11/h4-6,19H,3H2,1-2H3,(H2,14,16,20)/t13-/m0/s1.